The first-order chi connectivity index (χ1) is 17.6. The SMILES string of the molecule is COCCN(CCCOc1ccc(C2C3=C(CCN2C=O)c2cc(Cl)ccc2I3C)cc1)CC[I-]C. The van der Waals surface area contributed by atoms with Gasteiger partial charge in [0, 0.05) is 0 Å². The summed E-state index contributed by atoms with van der Waals surface area (Å²) in [4.78, 5) is 21.3. The van der Waals surface area contributed by atoms with Gasteiger partial charge in [-0.05, 0) is 0 Å². The summed E-state index contributed by atoms with van der Waals surface area (Å²) in [5, 5.41) is 0.788. The molecule has 0 saturated heterocycles. The van der Waals surface area contributed by atoms with E-state index in [1.165, 1.54) is 28.3 Å². The molecule has 8 heteroatoms. The van der Waals surface area contributed by atoms with Crippen LogP contribution in [0.25, 0.3) is 5.57 Å². The summed E-state index contributed by atoms with van der Waals surface area (Å²) in [6.07, 6.45) is 2.92. The van der Waals surface area contributed by atoms with Crippen molar-refractivity contribution < 1.29 is 35.5 Å². The van der Waals surface area contributed by atoms with Crippen molar-refractivity contribution in [1.29, 1.82) is 0 Å². The summed E-state index contributed by atoms with van der Waals surface area (Å²) in [6.45, 7) is 5.39. The average molecular weight is 738 g/mol. The van der Waals surface area contributed by atoms with Crippen LogP contribution >= 0.6 is 31.4 Å². The predicted molar refractivity (Wildman–Crippen MR) is 153 cm³/mol. The number of methoxy groups -OCH3 is 1. The Morgan fingerprint density at radius 1 is 1.17 bits per heavy atom. The van der Waals surface area contributed by atoms with Crippen LogP contribution in [0.5, 0.6) is 5.75 Å². The van der Waals surface area contributed by atoms with Crippen molar-refractivity contribution in [2.45, 2.75) is 18.9 Å². The number of carbonyl (C=O) groups excluding carboxylic acids is 1. The van der Waals surface area contributed by atoms with Crippen molar-refractivity contribution in [2.24, 2.45) is 0 Å². The molecule has 36 heavy (non-hydrogen) atoms. The second kappa shape index (κ2) is 13.8. The molecular formula is C28H36ClI2N2O3-. The van der Waals surface area contributed by atoms with Gasteiger partial charge in [-0.2, -0.15) is 0 Å². The predicted octanol–water partition coefficient (Wildman–Crippen LogP) is 2.41. The Hall–Kier alpha value is -0.880. The molecule has 1 atom stereocenters. The fourth-order valence-corrected chi connectivity index (χ4v) is 12.1. The molecule has 0 spiro atoms. The molecule has 2 aliphatic rings. The number of alkyl halides is 3. The third-order valence-corrected chi connectivity index (χ3v) is 14.2. The zero-order valence-corrected chi connectivity index (χ0v) is 26.4. The maximum atomic E-state index is 12.1. The number of nitrogens with zero attached hydrogens (tertiary/aromatic N) is 2. The molecule has 2 aromatic carbocycles. The van der Waals surface area contributed by atoms with E-state index in [1.54, 1.807) is 7.11 Å². The van der Waals surface area contributed by atoms with E-state index < -0.39 is 19.8 Å². The summed E-state index contributed by atoms with van der Waals surface area (Å²) in [5.74, 6) is 0.887. The second-order valence-corrected chi connectivity index (χ2v) is 17.0. The van der Waals surface area contributed by atoms with Crippen LogP contribution in [0.15, 0.2) is 46.0 Å². The van der Waals surface area contributed by atoms with Crippen molar-refractivity contribution in [3.05, 3.63) is 65.8 Å². The van der Waals surface area contributed by atoms with Crippen molar-refractivity contribution >= 4 is 43.4 Å². The Morgan fingerprint density at radius 2 is 1.97 bits per heavy atom. The van der Waals surface area contributed by atoms with Gasteiger partial charge in [0.05, 0.1) is 0 Å². The summed E-state index contributed by atoms with van der Waals surface area (Å²) >= 11 is 5.09. The number of hydrogen-bond donors (Lipinski definition) is 0. The molecule has 1 unspecified atom stereocenters. The quantitative estimate of drug-likeness (QED) is 0.137. The molecule has 2 aromatic rings. The minimum absolute atomic E-state index is 0.0115. The molecule has 0 aromatic heterocycles. The van der Waals surface area contributed by atoms with Gasteiger partial charge in [-0.1, -0.05) is 0 Å². The summed E-state index contributed by atoms with van der Waals surface area (Å²) in [6, 6.07) is 14.8. The van der Waals surface area contributed by atoms with Crippen LogP contribution in [0.1, 0.15) is 30.0 Å². The number of carbonyl (C=O) groups is 1. The first kappa shape index (κ1) is 28.1. The third kappa shape index (κ3) is 6.57. The summed E-state index contributed by atoms with van der Waals surface area (Å²) < 4.78 is 15.6. The van der Waals surface area contributed by atoms with Gasteiger partial charge in [0.15, 0.2) is 0 Å². The van der Waals surface area contributed by atoms with E-state index in [4.69, 9.17) is 21.1 Å². The van der Waals surface area contributed by atoms with Crippen LogP contribution in [-0.2, 0) is 9.53 Å². The van der Waals surface area contributed by atoms with Gasteiger partial charge >= 0.3 is 240 Å². The van der Waals surface area contributed by atoms with Gasteiger partial charge in [0.25, 0.3) is 0 Å². The van der Waals surface area contributed by atoms with Crippen molar-refractivity contribution in [3.8, 4) is 5.75 Å². The van der Waals surface area contributed by atoms with Crippen molar-refractivity contribution in [3.63, 3.8) is 0 Å². The standard InChI is InChI=1S/C28H36ClI2N2O3/c1-30-12-15-32(16-18-35-3)13-4-17-36-23-8-5-21(6-9-23)28-27-24(11-14-33(28)20-34)25-19-22(29)7-10-26(25)31(27)2/h5-10,19-20,28H,4,11-18H2,1-3H3/q-1. The third-order valence-electron chi connectivity index (χ3n) is 6.76. The molecule has 1 amide bonds. The van der Waals surface area contributed by atoms with Crippen LogP contribution in [-0.4, -0.2) is 77.0 Å². The molecule has 198 valence electrons. The number of ether oxygens (including phenoxy) is 2. The van der Waals surface area contributed by atoms with E-state index in [2.05, 4.69) is 51.2 Å². The molecular weight excluding hydrogens is 702 g/mol. The summed E-state index contributed by atoms with van der Waals surface area (Å²) in [5.41, 5.74) is 3.91. The molecule has 4 rings (SSSR count). The molecule has 0 radical (unpaired) electrons. The molecule has 0 N–H and O–H groups in total. The molecule has 0 saturated carbocycles. The fraction of sp³-hybridized carbons (Fsp3) is 0.464. The Labute approximate surface area is 238 Å². The van der Waals surface area contributed by atoms with Crippen LogP contribution in [0.2, 0.25) is 5.02 Å². The molecule has 2 heterocycles. The van der Waals surface area contributed by atoms with Gasteiger partial charge in [-0.3, -0.25) is 0 Å². The summed E-state index contributed by atoms with van der Waals surface area (Å²) in [7, 11) is 1.76. The number of rotatable bonds is 13. The van der Waals surface area contributed by atoms with Crippen molar-refractivity contribution in [2.75, 3.05) is 60.8 Å². The Bertz CT molecular complexity index is 1060. The number of hydrogen-bond acceptors (Lipinski definition) is 4. The van der Waals surface area contributed by atoms with Gasteiger partial charge in [0.1, 0.15) is 0 Å². The number of halogens is 3. The Kier molecular flexibility index (Phi) is 10.8. The normalized spacial score (nSPS) is 18.1. The van der Waals surface area contributed by atoms with E-state index >= 15 is 0 Å². The number of benzene rings is 2. The Balaban J connectivity index is 1.42. The van der Waals surface area contributed by atoms with Crippen LogP contribution in [0.3, 0.4) is 0 Å². The van der Waals surface area contributed by atoms with E-state index in [9.17, 15) is 4.79 Å². The monoisotopic (exact) mass is 737 g/mol. The fourth-order valence-electron chi connectivity index (χ4n) is 4.91. The zero-order valence-electron chi connectivity index (χ0n) is 21.3. The minimum atomic E-state index is -1.58. The van der Waals surface area contributed by atoms with E-state index in [1.807, 2.05) is 11.0 Å². The molecule has 2 aliphatic heterocycles. The van der Waals surface area contributed by atoms with Gasteiger partial charge in [-0.25, -0.2) is 0 Å². The topological polar surface area (TPSA) is 42.0 Å². The van der Waals surface area contributed by atoms with Crippen molar-refractivity contribution in [1.82, 2.24) is 9.80 Å². The van der Waals surface area contributed by atoms with E-state index in [-0.39, 0.29) is 6.04 Å². The Morgan fingerprint density at radius 3 is 2.69 bits per heavy atom. The molecule has 5 nitrogen and oxygen atoms in total. The van der Waals surface area contributed by atoms with Crippen LogP contribution < -0.4 is 25.9 Å². The van der Waals surface area contributed by atoms with Gasteiger partial charge in [-0.15, -0.1) is 0 Å². The number of amides is 1. The molecule has 0 fully saturated rings. The van der Waals surface area contributed by atoms with Crippen LogP contribution in [0.4, 0.5) is 0 Å². The first-order valence-electron chi connectivity index (χ1n) is 12.3. The van der Waals surface area contributed by atoms with Crippen LogP contribution in [0, 0.1) is 3.57 Å². The molecule has 0 aliphatic carbocycles. The number of fused-ring (bicyclic) bond motifs is 2. The average Bonchev–Trinajstić information content (AvgIpc) is 3.18. The van der Waals surface area contributed by atoms with Gasteiger partial charge in [0.2, 0.25) is 0 Å². The molecule has 0 bridgehead atoms. The van der Waals surface area contributed by atoms with E-state index in [0.717, 1.165) is 62.8 Å². The maximum absolute atomic E-state index is 12.1. The first-order valence-corrected chi connectivity index (χ1v) is 20.7. The van der Waals surface area contributed by atoms with Gasteiger partial charge < -0.3 is 0 Å². The second-order valence-electron chi connectivity index (χ2n) is 8.98. The zero-order chi connectivity index (χ0) is 25.5. The van der Waals surface area contributed by atoms with E-state index in [0.29, 0.717) is 27.8 Å².